The number of nitrogens with zero attached hydrogens (tertiary/aromatic N) is 3. The highest BCUT2D eigenvalue weighted by molar-refractivity contribution is 14.1. The third kappa shape index (κ3) is 3.17. The summed E-state index contributed by atoms with van der Waals surface area (Å²) in [7, 11) is -2.21. The van der Waals surface area contributed by atoms with Gasteiger partial charge in [-0.3, -0.25) is 0 Å². The summed E-state index contributed by atoms with van der Waals surface area (Å²) in [6.45, 7) is 4.29. The fraction of sp³-hybridized carbons (Fsp3) is 0.400. The van der Waals surface area contributed by atoms with Gasteiger partial charge >= 0.3 is 5.97 Å². The first-order valence-corrected chi connectivity index (χ1v) is 10.9. The number of benzene rings is 1. The van der Waals surface area contributed by atoms with Crippen LogP contribution in [0.3, 0.4) is 0 Å². The Balaban J connectivity index is 2.00. The number of ether oxygens (including phenoxy) is 1. The van der Waals surface area contributed by atoms with Gasteiger partial charge in [0, 0.05) is 13.1 Å². The van der Waals surface area contributed by atoms with E-state index in [1.807, 2.05) is 3.11 Å². The molecular weight excluding hydrogens is 461 g/mol. The Morgan fingerprint density at radius 2 is 1.92 bits per heavy atom. The molecule has 25 heavy (non-hydrogen) atoms. The standard InChI is InChI=1S/C15H18IN3O5S/c1-9-6-11(24-3)7-10(2)14(9)25(22,23)18-4-5-19-12(8-18)13(15(20)21)17-16-19/h6-7H,4-5,8H2,1-3H3,(H,20,21). The molecule has 1 saturated heterocycles. The lowest BCUT2D eigenvalue weighted by Gasteiger charge is -2.33. The van der Waals surface area contributed by atoms with Crippen LogP contribution in [0.4, 0.5) is 0 Å². The Hall–Kier alpha value is -1.53. The molecule has 136 valence electrons. The summed E-state index contributed by atoms with van der Waals surface area (Å²) in [5.41, 5.74) is 1.71. The van der Waals surface area contributed by atoms with Crippen LogP contribution in [0.15, 0.2) is 31.6 Å². The molecule has 2 aliphatic heterocycles. The first-order chi connectivity index (χ1) is 11.8. The Labute approximate surface area is 156 Å². The first kappa shape index (κ1) is 18.3. The highest BCUT2D eigenvalue weighted by Crippen LogP contribution is 2.36. The number of aryl methyl sites for hydroxylation is 2. The normalized spacial score (nSPS) is 18.1. The van der Waals surface area contributed by atoms with Crippen LogP contribution in [0.1, 0.15) is 11.1 Å². The SMILES string of the molecule is COc1cc(C)c(S(=O)(=O)N2CCN3I=NC(C(=O)O)=C3C2)c(C)c1. The molecule has 0 aromatic heterocycles. The topological polar surface area (TPSA) is 99.5 Å². The van der Waals surface area contributed by atoms with Gasteiger partial charge < -0.3 is 13.0 Å². The molecule has 1 fully saturated rings. The molecule has 1 aromatic carbocycles. The van der Waals surface area contributed by atoms with Crippen molar-refractivity contribution in [3.8, 4) is 5.75 Å². The van der Waals surface area contributed by atoms with Gasteiger partial charge in [0.25, 0.3) is 0 Å². The largest absolute Gasteiger partial charge is 0.497 e. The molecule has 3 rings (SSSR count). The lowest BCUT2D eigenvalue weighted by molar-refractivity contribution is -0.132. The summed E-state index contributed by atoms with van der Waals surface area (Å²) in [4.78, 5) is 11.6. The Morgan fingerprint density at radius 1 is 1.28 bits per heavy atom. The van der Waals surface area contributed by atoms with Crippen molar-refractivity contribution in [2.45, 2.75) is 18.7 Å². The molecule has 10 heteroatoms. The van der Waals surface area contributed by atoms with Crippen molar-refractivity contribution in [1.29, 1.82) is 0 Å². The summed E-state index contributed by atoms with van der Waals surface area (Å²) in [5, 5.41) is 9.26. The molecule has 0 radical (unpaired) electrons. The van der Waals surface area contributed by atoms with E-state index in [-0.39, 0.29) is 17.1 Å². The van der Waals surface area contributed by atoms with Crippen molar-refractivity contribution >= 4 is 37.3 Å². The van der Waals surface area contributed by atoms with Gasteiger partial charge in [0.15, 0.2) is 5.70 Å². The molecule has 0 aliphatic carbocycles. The summed E-state index contributed by atoms with van der Waals surface area (Å²) < 4.78 is 38.9. The predicted octanol–water partition coefficient (Wildman–Crippen LogP) is 2.00. The third-order valence-corrected chi connectivity index (χ3v) is 8.56. The zero-order valence-corrected chi connectivity index (χ0v) is 17.0. The van der Waals surface area contributed by atoms with E-state index < -0.39 is 37.3 Å². The average Bonchev–Trinajstić information content (AvgIpc) is 2.97. The third-order valence-electron chi connectivity index (χ3n) is 4.12. The molecule has 0 saturated carbocycles. The van der Waals surface area contributed by atoms with E-state index >= 15 is 0 Å². The Kier molecular flexibility index (Phi) is 4.86. The van der Waals surface area contributed by atoms with Crippen molar-refractivity contribution in [3.05, 3.63) is 34.7 Å². The van der Waals surface area contributed by atoms with Crippen LogP contribution in [0.5, 0.6) is 5.75 Å². The van der Waals surface area contributed by atoms with Crippen molar-refractivity contribution < 1.29 is 23.1 Å². The van der Waals surface area contributed by atoms with E-state index in [1.54, 1.807) is 26.0 Å². The second kappa shape index (κ2) is 6.65. The van der Waals surface area contributed by atoms with Gasteiger partial charge in [-0.2, -0.15) is 7.45 Å². The van der Waals surface area contributed by atoms with E-state index in [4.69, 9.17) is 4.74 Å². The number of hydrogen-bond donors (Lipinski definition) is 1. The summed E-state index contributed by atoms with van der Waals surface area (Å²) in [5.74, 6) is -0.498. The van der Waals surface area contributed by atoms with Gasteiger partial charge in [-0.15, -0.1) is 0 Å². The van der Waals surface area contributed by atoms with E-state index in [0.717, 1.165) is 0 Å². The number of piperazine rings is 1. The maximum atomic E-state index is 13.2. The molecule has 0 bridgehead atoms. The van der Waals surface area contributed by atoms with Crippen molar-refractivity contribution in [3.63, 3.8) is 0 Å². The quantitative estimate of drug-likeness (QED) is 0.524. The molecule has 8 nitrogen and oxygen atoms in total. The minimum Gasteiger partial charge on any atom is -0.497 e. The molecule has 2 aliphatic rings. The van der Waals surface area contributed by atoms with Gasteiger partial charge in [0.2, 0.25) is 10.0 Å². The maximum absolute atomic E-state index is 13.2. The number of methoxy groups -OCH3 is 1. The smallest absolute Gasteiger partial charge is 0.356 e. The van der Waals surface area contributed by atoms with Gasteiger partial charge in [0.1, 0.15) is 27.1 Å². The van der Waals surface area contributed by atoms with Crippen LogP contribution in [-0.4, -0.2) is 53.7 Å². The highest BCUT2D eigenvalue weighted by Gasteiger charge is 2.37. The number of carbonyl (C=O) groups is 1. The lowest BCUT2D eigenvalue weighted by Crippen LogP contribution is -2.44. The van der Waals surface area contributed by atoms with Gasteiger partial charge in [-0.25, -0.2) is 13.2 Å². The average molecular weight is 479 g/mol. The zero-order chi connectivity index (χ0) is 18.4. The van der Waals surface area contributed by atoms with E-state index in [1.165, 1.54) is 11.4 Å². The van der Waals surface area contributed by atoms with Crippen LogP contribution in [0.25, 0.3) is 0 Å². The Bertz CT molecular complexity index is 887. The van der Waals surface area contributed by atoms with Crippen molar-refractivity contribution in [1.82, 2.24) is 7.42 Å². The molecule has 0 spiro atoms. The second-order valence-electron chi connectivity index (χ2n) is 5.78. The number of rotatable bonds is 4. The molecule has 1 aromatic rings. The van der Waals surface area contributed by atoms with E-state index in [0.29, 0.717) is 35.7 Å². The number of halogens is 1. The Morgan fingerprint density at radius 3 is 2.48 bits per heavy atom. The van der Waals surface area contributed by atoms with Crippen molar-refractivity contribution in [2.75, 3.05) is 26.7 Å². The molecule has 2 heterocycles. The number of fused-ring (bicyclic) bond motifs is 1. The molecular formula is C15H18IN3O5S. The molecule has 1 N–H and O–H groups in total. The minimum atomic E-state index is -3.74. The van der Waals surface area contributed by atoms with Crippen LogP contribution in [0, 0.1) is 13.8 Å². The summed E-state index contributed by atoms with van der Waals surface area (Å²) >= 11 is -0.758. The molecule has 0 amide bonds. The summed E-state index contributed by atoms with van der Waals surface area (Å²) in [6.07, 6.45) is 0. The number of hydrogen-bond acceptors (Lipinski definition) is 6. The van der Waals surface area contributed by atoms with E-state index in [9.17, 15) is 18.3 Å². The predicted molar refractivity (Wildman–Crippen MR) is 99.0 cm³/mol. The fourth-order valence-corrected chi connectivity index (χ4v) is 6.83. The molecule has 0 unspecified atom stereocenters. The van der Waals surface area contributed by atoms with Crippen LogP contribution in [-0.2, 0) is 14.8 Å². The van der Waals surface area contributed by atoms with Crippen molar-refractivity contribution in [2.24, 2.45) is 3.15 Å². The van der Waals surface area contributed by atoms with Crippen LogP contribution in [0.2, 0.25) is 0 Å². The lowest BCUT2D eigenvalue weighted by atomic mass is 10.1. The summed E-state index contributed by atoms with van der Waals surface area (Å²) in [6, 6.07) is 3.38. The maximum Gasteiger partial charge on any atom is 0.356 e. The second-order valence-corrected chi connectivity index (χ2v) is 9.73. The van der Waals surface area contributed by atoms with E-state index in [2.05, 4.69) is 3.15 Å². The number of carboxylic acids is 1. The van der Waals surface area contributed by atoms with Crippen LogP contribution < -0.4 is 4.74 Å². The minimum absolute atomic E-state index is 0.00382. The number of carboxylic acid groups (broad SMARTS) is 1. The number of aliphatic carboxylic acids is 1. The number of sulfonamides is 1. The molecule has 0 atom stereocenters. The fourth-order valence-electron chi connectivity index (χ4n) is 2.99. The van der Waals surface area contributed by atoms with Crippen LogP contribution >= 0.6 is 21.3 Å². The van der Waals surface area contributed by atoms with Gasteiger partial charge in [-0.1, -0.05) is 0 Å². The van der Waals surface area contributed by atoms with Gasteiger partial charge in [-0.05, 0) is 37.1 Å². The van der Waals surface area contributed by atoms with Gasteiger partial charge in [0.05, 0.1) is 24.2 Å². The highest BCUT2D eigenvalue weighted by atomic mass is 127. The zero-order valence-electron chi connectivity index (χ0n) is 14.0. The first-order valence-electron chi connectivity index (χ1n) is 7.50. The monoisotopic (exact) mass is 479 g/mol.